The Bertz CT molecular complexity index is 854. The fraction of sp³-hybridized carbons (Fsp3) is 0.480. The van der Waals surface area contributed by atoms with Crippen molar-refractivity contribution in [2.24, 2.45) is 0 Å². The first kappa shape index (κ1) is 18.8. The van der Waals surface area contributed by atoms with Crippen LogP contribution in [0.3, 0.4) is 0 Å². The van der Waals surface area contributed by atoms with Crippen molar-refractivity contribution in [3.05, 3.63) is 71.3 Å². The van der Waals surface area contributed by atoms with Crippen LogP contribution in [0.4, 0.5) is 0 Å². The summed E-state index contributed by atoms with van der Waals surface area (Å²) in [5, 5.41) is 0. The van der Waals surface area contributed by atoms with E-state index in [9.17, 15) is 4.79 Å². The van der Waals surface area contributed by atoms with Gasteiger partial charge in [-0.2, -0.15) is 0 Å². The second-order valence-corrected chi connectivity index (χ2v) is 8.80. The van der Waals surface area contributed by atoms with E-state index in [1.807, 2.05) is 4.90 Å². The minimum absolute atomic E-state index is 0.00123. The summed E-state index contributed by atoms with van der Waals surface area (Å²) in [6.07, 6.45) is 4.49. The number of carbonyl (C=O) groups is 1. The van der Waals surface area contributed by atoms with Crippen LogP contribution in [0, 0.1) is 0 Å². The van der Waals surface area contributed by atoms with E-state index in [-0.39, 0.29) is 17.6 Å². The van der Waals surface area contributed by atoms with E-state index in [1.54, 1.807) is 0 Å². The van der Waals surface area contributed by atoms with Crippen LogP contribution in [0.15, 0.2) is 54.6 Å². The van der Waals surface area contributed by atoms with E-state index < -0.39 is 0 Å². The first-order valence-electron chi connectivity index (χ1n) is 11.0. The maximum atomic E-state index is 12.6. The van der Waals surface area contributed by atoms with Crippen molar-refractivity contribution in [1.29, 1.82) is 0 Å². The van der Waals surface area contributed by atoms with Gasteiger partial charge in [-0.05, 0) is 42.4 Å². The van der Waals surface area contributed by atoms with Gasteiger partial charge in [0.1, 0.15) is 0 Å². The van der Waals surface area contributed by atoms with Crippen molar-refractivity contribution >= 4 is 5.91 Å². The predicted molar refractivity (Wildman–Crippen MR) is 113 cm³/mol. The molecule has 4 heteroatoms. The van der Waals surface area contributed by atoms with Crippen LogP contribution in [0.1, 0.15) is 42.4 Å². The molecule has 2 aromatic rings. The number of benzene rings is 2. The van der Waals surface area contributed by atoms with Gasteiger partial charge in [0.25, 0.3) is 0 Å². The van der Waals surface area contributed by atoms with Crippen molar-refractivity contribution in [1.82, 2.24) is 9.80 Å². The molecule has 3 aliphatic heterocycles. The number of amides is 1. The zero-order valence-electron chi connectivity index (χ0n) is 17.1. The molecule has 3 aliphatic rings. The summed E-state index contributed by atoms with van der Waals surface area (Å²) in [6, 6.07) is 19.4. The molecular formula is C25H30N2O2. The lowest BCUT2D eigenvalue weighted by Gasteiger charge is -2.48. The molecule has 1 amide bonds. The Morgan fingerprint density at radius 1 is 0.966 bits per heavy atom. The minimum Gasteiger partial charge on any atom is -0.366 e. The van der Waals surface area contributed by atoms with Gasteiger partial charge in [0.2, 0.25) is 5.91 Å². The highest BCUT2D eigenvalue weighted by atomic mass is 16.5. The molecule has 2 fully saturated rings. The number of hydrogen-bond acceptors (Lipinski definition) is 3. The van der Waals surface area contributed by atoms with Crippen LogP contribution in [-0.4, -0.2) is 48.0 Å². The van der Waals surface area contributed by atoms with E-state index in [0.717, 1.165) is 58.4 Å². The maximum Gasteiger partial charge on any atom is 0.225 e. The molecule has 0 N–H and O–H groups in total. The molecule has 1 unspecified atom stereocenters. The SMILES string of the molecule is O=C(CC1Cc2ccccc2C2(CCN(Cc3ccccc3)CC2)O1)N1CCC1. The Morgan fingerprint density at radius 3 is 2.41 bits per heavy atom. The van der Waals surface area contributed by atoms with Crippen molar-refractivity contribution in [3.8, 4) is 0 Å². The standard InChI is InChI=1S/C25H30N2O2/c28-24(27-13-6-14-27)18-22-17-21-9-4-5-10-23(21)25(29-22)11-15-26(16-12-25)19-20-7-2-1-3-8-20/h1-5,7-10,22H,6,11-19H2. The summed E-state index contributed by atoms with van der Waals surface area (Å²) in [5.41, 5.74) is 3.86. The minimum atomic E-state index is -0.234. The molecule has 1 spiro atoms. The van der Waals surface area contributed by atoms with Gasteiger partial charge in [-0.3, -0.25) is 9.69 Å². The van der Waals surface area contributed by atoms with Gasteiger partial charge >= 0.3 is 0 Å². The van der Waals surface area contributed by atoms with E-state index in [4.69, 9.17) is 4.74 Å². The van der Waals surface area contributed by atoms with Crippen LogP contribution in [-0.2, 0) is 28.1 Å². The number of carbonyl (C=O) groups excluding carboxylic acids is 1. The summed E-state index contributed by atoms with van der Waals surface area (Å²) >= 11 is 0. The lowest BCUT2D eigenvalue weighted by atomic mass is 9.77. The molecule has 0 aromatic heterocycles. The van der Waals surface area contributed by atoms with Gasteiger partial charge in [-0.1, -0.05) is 54.6 Å². The molecule has 0 bridgehead atoms. The zero-order valence-corrected chi connectivity index (χ0v) is 17.1. The molecule has 3 heterocycles. The molecule has 29 heavy (non-hydrogen) atoms. The lowest BCUT2D eigenvalue weighted by molar-refractivity contribution is -0.157. The predicted octanol–water partition coefficient (Wildman–Crippen LogP) is 3.74. The van der Waals surface area contributed by atoms with Crippen LogP contribution in [0.2, 0.25) is 0 Å². The molecule has 2 saturated heterocycles. The van der Waals surface area contributed by atoms with E-state index in [0.29, 0.717) is 6.42 Å². The number of nitrogens with zero attached hydrogens (tertiary/aromatic N) is 2. The Kier molecular flexibility index (Phi) is 5.15. The van der Waals surface area contributed by atoms with Crippen molar-refractivity contribution < 1.29 is 9.53 Å². The van der Waals surface area contributed by atoms with Gasteiger partial charge in [-0.25, -0.2) is 0 Å². The number of hydrogen-bond donors (Lipinski definition) is 0. The lowest BCUT2D eigenvalue weighted by Crippen LogP contribution is -2.50. The fourth-order valence-corrected chi connectivity index (χ4v) is 5.12. The molecule has 1 atom stereocenters. The number of likely N-dealkylation sites (tertiary alicyclic amines) is 2. The molecule has 0 radical (unpaired) electrons. The summed E-state index contributed by atoms with van der Waals surface area (Å²) in [6.45, 7) is 4.88. The third-order valence-corrected chi connectivity index (χ3v) is 6.87. The van der Waals surface area contributed by atoms with Crippen LogP contribution in [0.25, 0.3) is 0 Å². The Morgan fingerprint density at radius 2 is 1.69 bits per heavy atom. The fourth-order valence-electron chi connectivity index (χ4n) is 5.12. The quantitative estimate of drug-likeness (QED) is 0.797. The summed E-state index contributed by atoms with van der Waals surface area (Å²) in [4.78, 5) is 17.1. The second-order valence-electron chi connectivity index (χ2n) is 8.80. The van der Waals surface area contributed by atoms with Crippen LogP contribution >= 0.6 is 0 Å². The Hall–Kier alpha value is -2.17. The largest absolute Gasteiger partial charge is 0.366 e. The third-order valence-electron chi connectivity index (χ3n) is 6.87. The Labute approximate surface area is 173 Å². The van der Waals surface area contributed by atoms with E-state index in [1.165, 1.54) is 16.7 Å². The number of ether oxygens (including phenoxy) is 1. The molecule has 152 valence electrons. The van der Waals surface area contributed by atoms with Gasteiger partial charge < -0.3 is 9.64 Å². The topological polar surface area (TPSA) is 32.8 Å². The number of rotatable bonds is 4. The van der Waals surface area contributed by atoms with Gasteiger partial charge in [0, 0.05) is 32.7 Å². The third kappa shape index (κ3) is 3.84. The molecular weight excluding hydrogens is 360 g/mol. The Balaban J connectivity index is 1.30. The maximum absolute atomic E-state index is 12.6. The summed E-state index contributed by atoms with van der Waals surface area (Å²) < 4.78 is 6.76. The second kappa shape index (κ2) is 7.92. The highest BCUT2D eigenvalue weighted by Gasteiger charge is 2.44. The molecule has 0 saturated carbocycles. The van der Waals surface area contributed by atoms with E-state index in [2.05, 4.69) is 59.5 Å². The molecule has 4 nitrogen and oxygen atoms in total. The van der Waals surface area contributed by atoms with Crippen molar-refractivity contribution in [3.63, 3.8) is 0 Å². The first-order valence-corrected chi connectivity index (χ1v) is 11.0. The average Bonchev–Trinajstić information content (AvgIpc) is 2.69. The number of piperidine rings is 1. The van der Waals surface area contributed by atoms with E-state index >= 15 is 0 Å². The van der Waals surface area contributed by atoms with Crippen LogP contribution < -0.4 is 0 Å². The average molecular weight is 391 g/mol. The molecule has 2 aromatic carbocycles. The van der Waals surface area contributed by atoms with Gasteiger partial charge in [0.05, 0.1) is 18.1 Å². The van der Waals surface area contributed by atoms with Crippen molar-refractivity contribution in [2.75, 3.05) is 26.2 Å². The molecule has 0 aliphatic carbocycles. The van der Waals surface area contributed by atoms with Gasteiger partial charge in [-0.15, -0.1) is 0 Å². The normalized spacial score (nSPS) is 23.4. The number of fused-ring (bicyclic) bond motifs is 2. The zero-order chi connectivity index (χ0) is 19.7. The first-order chi connectivity index (χ1) is 14.2. The molecule has 5 rings (SSSR count). The van der Waals surface area contributed by atoms with Gasteiger partial charge in [0.15, 0.2) is 0 Å². The highest BCUT2D eigenvalue weighted by molar-refractivity contribution is 5.77. The summed E-state index contributed by atoms with van der Waals surface area (Å²) in [7, 11) is 0. The van der Waals surface area contributed by atoms with Crippen molar-refractivity contribution in [2.45, 2.75) is 50.4 Å². The smallest absolute Gasteiger partial charge is 0.225 e. The van der Waals surface area contributed by atoms with Crippen LogP contribution in [0.5, 0.6) is 0 Å². The highest BCUT2D eigenvalue weighted by Crippen LogP contribution is 2.44. The monoisotopic (exact) mass is 390 g/mol. The summed E-state index contributed by atoms with van der Waals surface area (Å²) in [5.74, 6) is 0.261.